The summed E-state index contributed by atoms with van der Waals surface area (Å²) in [5.74, 6) is 1.37. The number of fused-ring (bicyclic) bond motifs is 2. The Morgan fingerprint density at radius 2 is 1.71 bits per heavy atom. The number of hydrogen-bond acceptors (Lipinski definition) is 2. The maximum atomic E-state index is 13.7. The molecule has 0 aromatic heterocycles. The number of benzene rings is 1. The molecule has 4 aliphatic carbocycles. The van der Waals surface area contributed by atoms with Crippen LogP contribution in [0.2, 0.25) is 0 Å². The Morgan fingerprint density at radius 3 is 2.32 bits per heavy atom. The van der Waals surface area contributed by atoms with Gasteiger partial charge < -0.3 is 16.0 Å². The van der Waals surface area contributed by atoms with Crippen LogP contribution < -0.4 is 11.1 Å². The van der Waals surface area contributed by atoms with Gasteiger partial charge in [0.25, 0.3) is 0 Å². The number of nitrogens with two attached hydrogens (primary N) is 1. The van der Waals surface area contributed by atoms with Crippen molar-refractivity contribution in [2.75, 3.05) is 0 Å². The summed E-state index contributed by atoms with van der Waals surface area (Å²) in [6, 6.07) is 7.69. The summed E-state index contributed by atoms with van der Waals surface area (Å²) in [5, 5.41) is 3.43. The highest BCUT2D eigenvalue weighted by Crippen LogP contribution is 2.60. The Hall–Kier alpha value is -2.11. The number of nitrogens with zero attached hydrogens (tertiary/aromatic N) is 1. The number of halogens is 1. The number of carbonyl (C=O) groups excluding carboxylic acids is 2. The van der Waals surface area contributed by atoms with Gasteiger partial charge in [-0.15, -0.1) is 0 Å². The van der Waals surface area contributed by atoms with E-state index in [4.69, 9.17) is 5.73 Å². The van der Waals surface area contributed by atoms with Crippen molar-refractivity contribution in [3.8, 4) is 0 Å². The molecule has 6 fully saturated rings. The minimum absolute atomic E-state index is 0.0794. The molecule has 5 atom stereocenters. The molecule has 5 nitrogen and oxygen atoms in total. The molecule has 3 unspecified atom stereocenters. The molecule has 3 N–H and O–H groups in total. The molecule has 166 valence electrons. The second-order valence-corrected chi connectivity index (χ2v) is 11.1. The molecule has 2 heterocycles. The lowest BCUT2D eigenvalue weighted by Crippen LogP contribution is -2.64. The van der Waals surface area contributed by atoms with Gasteiger partial charge in [-0.3, -0.25) is 4.79 Å². The molecule has 2 aliphatic heterocycles. The summed E-state index contributed by atoms with van der Waals surface area (Å²) in [7, 11) is 0. The molecule has 7 rings (SSSR count). The first-order valence-electron chi connectivity index (χ1n) is 12.1. The van der Waals surface area contributed by atoms with Crippen LogP contribution in [0.15, 0.2) is 24.3 Å². The van der Waals surface area contributed by atoms with Gasteiger partial charge in [0.15, 0.2) is 0 Å². The molecule has 6 bridgehead atoms. The average Bonchev–Trinajstić information content (AvgIpc) is 2.99. The molecule has 2 saturated heterocycles. The fraction of sp³-hybridized carbons (Fsp3) is 0.680. The normalized spacial score (nSPS) is 42.6. The molecular formula is C25H32FN3O2. The second kappa shape index (κ2) is 6.94. The van der Waals surface area contributed by atoms with E-state index in [9.17, 15) is 14.0 Å². The Morgan fingerprint density at radius 1 is 1.03 bits per heavy atom. The SMILES string of the molecule is NC(=O)C12CC3CC(C1)C(NC(=O)N1[C@@H]4CC[C@H]1CC(c1cccc(F)c1)C4)C(C3)C2. The topological polar surface area (TPSA) is 75.4 Å². The third-order valence-corrected chi connectivity index (χ3v) is 9.37. The van der Waals surface area contributed by atoms with E-state index in [-0.39, 0.29) is 41.3 Å². The minimum atomic E-state index is -0.319. The zero-order chi connectivity index (χ0) is 21.3. The van der Waals surface area contributed by atoms with Gasteiger partial charge in [0, 0.05) is 23.5 Å². The summed E-state index contributed by atoms with van der Waals surface area (Å²) >= 11 is 0. The maximum Gasteiger partial charge on any atom is 0.318 e. The first kappa shape index (κ1) is 19.6. The van der Waals surface area contributed by atoms with Crippen LogP contribution in [0.5, 0.6) is 0 Å². The van der Waals surface area contributed by atoms with E-state index in [1.54, 1.807) is 12.1 Å². The van der Waals surface area contributed by atoms with Crippen LogP contribution in [-0.2, 0) is 4.79 Å². The van der Waals surface area contributed by atoms with Gasteiger partial charge in [-0.2, -0.15) is 0 Å². The van der Waals surface area contributed by atoms with Crippen molar-refractivity contribution < 1.29 is 14.0 Å². The summed E-state index contributed by atoms with van der Waals surface area (Å²) in [5.41, 5.74) is 6.56. The smallest absolute Gasteiger partial charge is 0.318 e. The van der Waals surface area contributed by atoms with Crippen molar-refractivity contribution in [3.05, 3.63) is 35.6 Å². The van der Waals surface area contributed by atoms with Gasteiger partial charge in [-0.25, -0.2) is 9.18 Å². The molecule has 3 amide bonds. The molecule has 0 radical (unpaired) electrons. The van der Waals surface area contributed by atoms with Crippen LogP contribution in [0.1, 0.15) is 69.3 Å². The van der Waals surface area contributed by atoms with E-state index in [1.807, 2.05) is 6.07 Å². The number of piperidine rings is 1. The Bertz CT molecular complexity index is 890. The predicted molar refractivity (Wildman–Crippen MR) is 115 cm³/mol. The second-order valence-electron chi connectivity index (χ2n) is 11.1. The summed E-state index contributed by atoms with van der Waals surface area (Å²) in [4.78, 5) is 27.7. The van der Waals surface area contributed by atoms with Crippen molar-refractivity contribution in [3.63, 3.8) is 0 Å². The largest absolute Gasteiger partial charge is 0.369 e. The number of hydrogen-bond donors (Lipinski definition) is 2. The van der Waals surface area contributed by atoms with Crippen molar-refractivity contribution in [1.82, 2.24) is 10.2 Å². The number of carbonyl (C=O) groups is 2. The maximum absolute atomic E-state index is 13.7. The van der Waals surface area contributed by atoms with Crippen molar-refractivity contribution in [2.45, 2.75) is 81.8 Å². The molecule has 4 saturated carbocycles. The van der Waals surface area contributed by atoms with E-state index in [1.165, 1.54) is 6.07 Å². The van der Waals surface area contributed by atoms with E-state index in [2.05, 4.69) is 10.2 Å². The van der Waals surface area contributed by atoms with E-state index in [0.717, 1.165) is 63.4 Å². The van der Waals surface area contributed by atoms with Gasteiger partial charge in [0.05, 0.1) is 0 Å². The molecule has 1 aromatic carbocycles. The predicted octanol–water partition coefficient (Wildman–Crippen LogP) is 3.93. The van der Waals surface area contributed by atoms with Crippen molar-refractivity contribution >= 4 is 11.9 Å². The first-order valence-corrected chi connectivity index (χ1v) is 12.1. The molecule has 6 heteroatoms. The highest BCUT2D eigenvalue weighted by atomic mass is 19.1. The highest BCUT2D eigenvalue weighted by Gasteiger charge is 2.58. The average molecular weight is 426 g/mol. The van der Waals surface area contributed by atoms with Crippen LogP contribution in [0, 0.1) is 29.0 Å². The third kappa shape index (κ3) is 3.08. The quantitative estimate of drug-likeness (QED) is 0.770. The first-order chi connectivity index (χ1) is 14.9. The number of rotatable bonds is 3. The van der Waals surface area contributed by atoms with Crippen LogP contribution in [-0.4, -0.2) is 35.0 Å². The molecule has 1 aromatic rings. The zero-order valence-corrected chi connectivity index (χ0v) is 17.9. The van der Waals surface area contributed by atoms with Gasteiger partial charge in [-0.05, 0) is 99.2 Å². The fourth-order valence-corrected chi connectivity index (χ4v) is 8.32. The molecule has 6 aliphatic rings. The molecule has 0 spiro atoms. The van der Waals surface area contributed by atoms with Gasteiger partial charge in [-0.1, -0.05) is 12.1 Å². The Kier molecular flexibility index (Phi) is 4.38. The van der Waals surface area contributed by atoms with Gasteiger partial charge in [0.2, 0.25) is 5.91 Å². The number of amides is 3. The van der Waals surface area contributed by atoms with Crippen LogP contribution in [0.3, 0.4) is 0 Å². The monoisotopic (exact) mass is 425 g/mol. The van der Waals surface area contributed by atoms with Crippen LogP contribution >= 0.6 is 0 Å². The minimum Gasteiger partial charge on any atom is -0.369 e. The van der Waals surface area contributed by atoms with E-state index < -0.39 is 0 Å². The van der Waals surface area contributed by atoms with Gasteiger partial charge >= 0.3 is 6.03 Å². The standard InChI is InChI=1S/C25H32FN3O2/c26-19-3-1-2-15(8-19)16-9-20-4-5-21(10-16)29(20)24(31)28-22-17-6-14-7-18(22)13-25(11-14,12-17)23(27)30/h1-3,8,14,16-18,20-22H,4-7,9-13H2,(H2,27,30)(H,28,31)/t14?,16?,17?,18?,20-,21+,22?,25?. The van der Waals surface area contributed by atoms with Crippen molar-refractivity contribution in [2.24, 2.45) is 28.9 Å². The van der Waals surface area contributed by atoms with Gasteiger partial charge in [0.1, 0.15) is 5.82 Å². The zero-order valence-electron chi connectivity index (χ0n) is 17.9. The lowest BCUT2D eigenvalue weighted by Gasteiger charge is -2.59. The highest BCUT2D eigenvalue weighted by molar-refractivity contribution is 5.81. The number of urea groups is 1. The fourth-order valence-electron chi connectivity index (χ4n) is 8.32. The van der Waals surface area contributed by atoms with Crippen LogP contribution in [0.4, 0.5) is 9.18 Å². The van der Waals surface area contributed by atoms with Crippen LogP contribution in [0.25, 0.3) is 0 Å². The molecular weight excluding hydrogens is 393 g/mol. The summed E-state index contributed by atoms with van der Waals surface area (Å²) in [6.07, 6.45) is 8.77. The lowest BCUT2D eigenvalue weighted by atomic mass is 9.47. The van der Waals surface area contributed by atoms with E-state index >= 15 is 0 Å². The summed E-state index contributed by atoms with van der Waals surface area (Å²) < 4.78 is 13.7. The molecule has 31 heavy (non-hydrogen) atoms. The summed E-state index contributed by atoms with van der Waals surface area (Å²) in [6.45, 7) is 0. The number of nitrogens with one attached hydrogen (secondary N) is 1. The van der Waals surface area contributed by atoms with E-state index in [0.29, 0.717) is 23.7 Å². The Balaban J connectivity index is 1.15. The lowest BCUT2D eigenvalue weighted by molar-refractivity contribution is -0.145. The Labute approximate surface area is 182 Å². The number of primary amides is 1. The third-order valence-electron chi connectivity index (χ3n) is 9.37. The van der Waals surface area contributed by atoms with Crippen molar-refractivity contribution in [1.29, 1.82) is 0 Å².